The van der Waals surface area contributed by atoms with E-state index in [4.69, 9.17) is 4.74 Å². The molecule has 23 heavy (non-hydrogen) atoms. The van der Waals surface area contributed by atoms with E-state index in [-0.39, 0.29) is 11.9 Å². The Kier molecular flexibility index (Phi) is 6.04. The van der Waals surface area contributed by atoms with Crippen LogP contribution in [0.4, 0.5) is 5.69 Å². The summed E-state index contributed by atoms with van der Waals surface area (Å²) in [4.78, 5) is 0. The Balaban J connectivity index is 1.85. The van der Waals surface area contributed by atoms with Gasteiger partial charge >= 0.3 is 0 Å². The van der Waals surface area contributed by atoms with Gasteiger partial charge in [-0.2, -0.15) is 0 Å². The van der Waals surface area contributed by atoms with Gasteiger partial charge in [0.25, 0.3) is 0 Å². The van der Waals surface area contributed by atoms with E-state index in [9.17, 15) is 8.42 Å². The number of benzene rings is 2. The predicted molar refractivity (Wildman–Crippen MR) is 94.4 cm³/mol. The molecule has 0 amide bonds. The molecule has 124 valence electrons. The van der Waals surface area contributed by atoms with Crippen molar-refractivity contribution >= 4 is 15.7 Å². The smallest absolute Gasteiger partial charge is 0.232 e. The highest BCUT2D eigenvalue weighted by Gasteiger charge is 2.10. The summed E-state index contributed by atoms with van der Waals surface area (Å²) in [7, 11) is -3.33. The molecule has 2 aromatic rings. The molecule has 0 unspecified atom stereocenters. The number of nitrogens with one attached hydrogen (secondary N) is 1. The average molecular weight is 333 g/mol. The molecule has 0 radical (unpaired) electrons. The highest BCUT2D eigenvalue weighted by Crippen LogP contribution is 2.18. The SMILES string of the molecule is CC(C)Oc1ccc(NS(=O)(=O)CCCc2ccccc2)cc1. The first-order valence-corrected chi connectivity index (χ1v) is 9.41. The molecule has 2 aromatic carbocycles. The van der Waals surface area contributed by atoms with E-state index < -0.39 is 10.0 Å². The summed E-state index contributed by atoms with van der Waals surface area (Å²) in [6.07, 6.45) is 1.44. The van der Waals surface area contributed by atoms with Crippen LogP contribution in [0.3, 0.4) is 0 Å². The Labute approximate surface area is 138 Å². The fourth-order valence-corrected chi connectivity index (χ4v) is 3.34. The Bertz CT molecular complexity index is 695. The van der Waals surface area contributed by atoms with Crippen molar-refractivity contribution in [3.8, 4) is 5.75 Å². The summed E-state index contributed by atoms with van der Waals surface area (Å²) in [5.41, 5.74) is 1.71. The summed E-state index contributed by atoms with van der Waals surface area (Å²) in [5, 5.41) is 0. The largest absolute Gasteiger partial charge is 0.491 e. The van der Waals surface area contributed by atoms with Gasteiger partial charge in [0.1, 0.15) is 5.75 Å². The van der Waals surface area contributed by atoms with Crippen LogP contribution in [0.25, 0.3) is 0 Å². The topological polar surface area (TPSA) is 55.4 Å². The van der Waals surface area contributed by atoms with Crippen molar-refractivity contribution in [3.05, 3.63) is 60.2 Å². The second kappa shape index (κ2) is 8.02. The summed E-state index contributed by atoms with van der Waals surface area (Å²) < 4.78 is 32.4. The van der Waals surface area contributed by atoms with Gasteiger partial charge in [-0.25, -0.2) is 8.42 Å². The Morgan fingerprint density at radius 2 is 1.65 bits per heavy atom. The van der Waals surface area contributed by atoms with Crippen LogP contribution in [0.15, 0.2) is 54.6 Å². The average Bonchev–Trinajstić information content (AvgIpc) is 2.49. The zero-order chi connectivity index (χ0) is 16.7. The van der Waals surface area contributed by atoms with Crippen LogP contribution in [0.5, 0.6) is 5.75 Å². The van der Waals surface area contributed by atoms with Crippen LogP contribution in [-0.2, 0) is 16.4 Å². The number of anilines is 1. The minimum atomic E-state index is -3.33. The minimum absolute atomic E-state index is 0.0931. The lowest BCUT2D eigenvalue weighted by Gasteiger charge is -2.11. The van der Waals surface area contributed by atoms with E-state index in [1.54, 1.807) is 24.3 Å². The van der Waals surface area contributed by atoms with Crippen LogP contribution in [-0.4, -0.2) is 20.3 Å². The molecule has 0 aliphatic rings. The highest BCUT2D eigenvalue weighted by molar-refractivity contribution is 7.92. The summed E-state index contributed by atoms with van der Waals surface area (Å²) >= 11 is 0. The van der Waals surface area contributed by atoms with Gasteiger partial charge in [0.2, 0.25) is 10.0 Å². The van der Waals surface area contributed by atoms with Gasteiger partial charge < -0.3 is 4.74 Å². The predicted octanol–water partition coefficient (Wildman–Crippen LogP) is 3.85. The number of ether oxygens (including phenoxy) is 1. The maximum Gasteiger partial charge on any atom is 0.232 e. The standard InChI is InChI=1S/C18H23NO3S/c1-15(2)22-18-12-10-17(11-13-18)19-23(20,21)14-6-9-16-7-4-3-5-8-16/h3-5,7-8,10-13,15,19H,6,9,14H2,1-2H3. The quantitative estimate of drug-likeness (QED) is 0.798. The zero-order valence-corrected chi connectivity index (χ0v) is 14.3. The lowest BCUT2D eigenvalue weighted by molar-refractivity contribution is 0.242. The second-order valence-corrected chi connectivity index (χ2v) is 7.54. The van der Waals surface area contributed by atoms with E-state index in [0.29, 0.717) is 12.1 Å². The van der Waals surface area contributed by atoms with Crippen molar-refractivity contribution < 1.29 is 13.2 Å². The Morgan fingerprint density at radius 1 is 1.00 bits per heavy atom. The number of aryl methyl sites for hydroxylation is 1. The monoisotopic (exact) mass is 333 g/mol. The van der Waals surface area contributed by atoms with Crippen molar-refractivity contribution in [2.24, 2.45) is 0 Å². The molecule has 0 bridgehead atoms. The fourth-order valence-electron chi connectivity index (χ4n) is 2.22. The number of sulfonamides is 1. The highest BCUT2D eigenvalue weighted by atomic mass is 32.2. The maximum absolute atomic E-state index is 12.1. The van der Waals surface area contributed by atoms with E-state index in [0.717, 1.165) is 17.7 Å². The number of hydrogen-bond acceptors (Lipinski definition) is 3. The first-order valence-electron chi connectivity index (χ1n) is 7.76. The molecule has 2 rings (SSSR count). The summed E-state index contributed by atoms with van der Waals surface area (Å²) in [5.74, 6) is 0.832. The number of rotatable bonds is 8. The lowest BCUT2D eigenvalue weighted by Crippen LogP contribution is -2.17. The van der Waals surface area contributed by atoms with Crippen molar-refractivity contribution in [3.63, 3.8) is 0 Å². The lowest BCUT2D eigenvalue weighted by atomic mass is 10.1. The minimum Gasteiger partial charge on any atom is -0.491 e. The van der Waals surface area contributed by atoms with Crippen LogP contribution in [0, 0.1) is 0 Å². The van der Waals surface area contributed by atoms with Crippen molar-refractivity contribution in [2.75, 3.05) is 10.5 Å². The van der Waals surface area contributed by atoms with Gasteiger partial charge in [-0.1, -0.05) is 30.3 Å². The van der Waals surface area contributed by atoms with Gasteiger partial charge in [0.05, 0.1) is 11.9 Å². The Hall–Kier alpha value is -2.01. The molecule has 0 spiro atoms. The summed E-state index contributed by atoms with van der Waals surface area (Å²) in [6.45, 7) is 3.90. The van der Waals surface area contributed by atoms with Crippen LogP contribution >= 0.6 is 0 Å². The number of hydrogen-bond donors (Lipinski definition) is 1. The third-order valence-electron chi connectivity index (χ3n) is 3.22. The molecule has 0 atom stereocenters. The molecule has 0 aromatic heterocycles. The third-order valence-corrected chi connectivity index (χ3v) is 4.59. The fraction of sp³-hybridized carbons (Fsp3) is 0.333. The Morgan fingerprint density at radius 3 is 2.26 bits per heavy atom. The molecule has 5 heteroatoms. The van der Waals surface area contributed by atoms with Crippen molar-refractivity contribution in [1.29, 1.82) is 0 Å². The molecule has 0 aliphatic heterocycles. The van der Waals surface area contributed by atoms with Crippen LogP contribution in [0.1, 0.15) is 25.8 Å². The van der Waals surface area contributed by atoms with Gasteiger partial charge in [-0.05, 0) is 56.5 Å². The van der Waals surface area contributed by atoms with Gasteiger partial charge in [0.15, 0.2) is 0 Å². The van der Waals surface area contributed by atoms with Crippen LogP contribution < -0.4 is 9.46 Å². The summed E-state index contributed by atoms with van der Waals surface area (Å²) in [6, 6.07) is 16.9. The first-order chi connectivity index (χ1) is 10.9. The van der Waals surface area contributed by atoms with Crippen molar-refractivity contribution in [1.82, 2.24) is 0 Å². The zero-order valence-electron chi connectivity index (χ0n) is 13.5. The molecule has 0 heterocycles. The van der Waals surface area contributed by atoms with E-state index in [2.05, 4.69) is 4.72 Å². The van der Waals surface area contributed by atoms with Gasteiger partial charge in [-0.15, -0.1) is 0 Å². The molecule has 4 nitrogen and oxygen atoms in total. The molecule has 0 fully saturated rings. The van der Waals surface area contributed by atoms with E-state index >= 15 is 0 Å². The van der Waals surface area contributed by atoms with E-state index in [1.807, 2.05) is 44.2 Å². The normalized spacial score (nSPS) is 11.4. The molecular formula is C18H23NO3S. The molecular weight excluding hydrogens is 310 g/mol. The van der Waals surface area contributed by atoms with Crippen LogP contribution in [0.2, 0.25) is 0 Å². The third kappa shape index (κ3) is 6.32. The second-order valence-electron chi connectivity index (χ2n) is 5.70. The first kappa shape index (κ1) is 17.3. The molecule has 0 saturated heterocycles. The van der Waals surface area contributed by atoms with Gasteiger partial charge in [-0.3, -0.25) is 4.72 Å². The molecule has 0 aliphatic carbocycles. The molecule has 0 saturated carbocycles. The molecule has 1 N–H and O–H groups in total. The van der Waals surface area contributed by atoms with E-state index in [1.165, 1.54) is 0 Å². The maximum atomic E-state index is 12.1. The van der Waals surface area contributed by atoms with Crippen molar-refractivity contribution in [2.45, 2.75) is 32.8 Å². The van der Waals surface area contributed by atoms with Gasteiger partial charge in [0, 0.05) is 5.69 Å².